The molecule has 0 saturated carbocycles. The molecule has 2 aromatic carbocycles. The van der Waals surface area contributed by atoms with Crippen LogP contribution in [0.15, 0.2) is 64.9 Å². The van der Waals surface area contributed by atoms with Crippen molar-refractivity contribution in [1.82, 2.24) is 9.88 Å². The van der Waals surface area contributed by atoms with Crippen molar-refractivity contribution in [2.24, 2.45) is 0 Å². The molecule has 0 aliphatic heterocycles. The van der Waals surface area contributed by atoms with Crippen LogP contribution >= 0.6 is 23.1 Å². The molecule has 0 aliphatic rings. The van der Waals surface area contributed by atoms with Crippen molar-refractivity contribution in [3.8, 4) is 10.6 Å². The van der Waals surface area contributed by atoms with E-state index in [1.54, 1.807) is 28.0 Å². The monoisotopic (exact) mass is 368 g/mol. The normalized spacial score (nSPS) is 10.6. The third kappa shape index (κ3) is 4.71. The Bertz CT molecular complexity index is 828. The maximum Gasteiger partial charge on any atom is 0.228 e. The summed E-state index contributed by atoms with van der Waals surface area (Å²) in [7, 11) is 1.84. The second-order valence-corrected chi connectivity index (χ2v) is 7.52. The predicted octanol–water partition coefficient (Wildman–Crippen LogP) is 4.73. The lowest BCUT2D eigenvalue weighted by molar-refractivity contribution is -0.129. The number of aromatic nitrogens is 1. The Labute approximate surface area is 156 Å². The minimum Gasteiger partial charge on any atom is -0.341 e. The highest BCUT2D eigenvalue weighted by molar-refractivity contribution is 7.98. The van der Waals surface area contributed by atoms with E-state index in [0.717, 1.165) is 21.8 Å². The molecule has 128 valence electrons. The Morgan fingerprint density at radius 3 is 2.52 bits per heavy atom. The molecule has 0 aliphatic carbocycles. The summed E-state index contributed by atoms with van der Waals surface area (Å²) in [5.41, 5.74) is 3.06. The molecule has 0 bridgehead atoms. The van der Waals surface area contributed by atoms with E-state index in [4.69, 9.17) is 0 Å². The summed E-state index contributed by atoms with van der Waals surface area (Å²) in [6, 6.07) is 18.4. The van der Waals surface area contributed by atoms with Gasteiger partial charge in [-0.2, -0.15) is 0 Å². The summed E-state index contributed by atoms with van der Waals surface area (Å²) in [5, 5.41) is 2.93. The average molecular weight is 369 g/mol. The predicted molar refractivity (Wildman–Crippen MR) is 106 cm³/mol. The van der Waals surface area contributed by atoms with Gasteiger partial charge in [-0.1, -0.05) is 42.5 Å². The lowest BCUT2D eigenvalue weighted by Crippen LogP contribution is -2.27. The van der Waals surface area contributed by atoms with Crippen molar-refractivity contribution in [3.05, 3.63) is 71.2 Å². The Kier molecular flexibility index (Phi) is 5.89. The van der Waals surface area contributed by atoms with Gasteiger partial charge in [0.05, 0.1) is 12.1 Å². The fourth-order valence-electron chi connectivity index (χ4n) is 2.48. The van der Waals surface area contributed by atoms with E-state index in [9.17, 15) is 4.79 Å². The molecule has 1 heterocycles. The number of likely N-dealkylation sites (N-methyl/N-ethyl adjacent to an activating group) is 1. The number of benzene rings is 2. The van der Waals surface area contributed by atoms with Crippen LogP contribution in [-0.2, 0) is 17.8 Å². The van der Waals surface area contributed by atoms with E-state index in [1.807, 2.05) is 42.8 Å². The van der Waals surface area contributed by atoms with Crippen LogP contribution in [0.3, 0.4) is 0 Å². The van der Waals surface area contributed by atoms with Crippen molar-refractivity contribution in [2.45, 2.75) is 17.9 Å². The lowest BCUT2D eigenvalue weighted by Gasteiger charge is -2.17. The Morgan fingerprint density at radius 1 is 1.12 bits per heavy atom. The molecule has 3 rings (SSSR count). The van der Waals surface area contributed by atoms with Gasteiger partial charge < -0.3 is 4.90 Å². The van der Waals surface area contributed by atoms with Crippen LogP contribution in [0.1, 0.15) is 11.3 Å². The van der Waals surface area contributed by atoms with Crippen molar-refractivity contribution in [1.29, 1.82) is 0 Å². The second kappa shape index (κ2) is 8.32. The third-order valence-corrected chi connectivity index (χ3v) is 5.59. The minimum absolute atomic E-state index is 0.0823. The van der Waals surface area contributed by atoms with Gasteiger partial charge in [-0.25, -0.2) is 4.98 Å². The number of hydrogen-bond acceptors (Lipinski definition) is 4. The fraction of sp³-hybridized carbons (Fsp3) is 0.200. The maximum atomic E-state index is 12.5. The molecule has 3 nitrogen and oxygen atoms in total. The summed E-state index contributed by atoms with van der Waals surface area (Å²) < 4.78 is 0. The first-order valence-electron chi connectivity index (χ1n) is 8.02. The first-order chi connectivity index (χ1) is 12.2. The van der Waals surface area contributed by atoms with Crippen molar-refractivity contribution < 1.29 is 4.79 Å². The van der Waals surface area contributed by atoms with Gasteiger partial charge in [0.25, 0.3) is 0 Å². The summed E-state index contributed by atoms with van der Waals surface area (Å²) in [6.45, 7) is 0.614. The van der Waals surface area contributed by atoms with Crippen LogP contribution in [0.4, 0.5) is 0 Å². The number of carbonyl (C=O) groups is 1. The van der Waals surface area contributed by atoms with E-state index in [2.05, 4.69) is 35.5 Å². The largest absolute Gasteiger partial charge is 0.341 e. The van der Waals surface area contributed by atoms with Gasteiger partial charge >= 0.3 is 0 Å². The molecule has 0 saturated heterocycles. The third-order valence-electron chi connectivity index (χ3n) is 3.91. The summed E-state index contributed by atoms with van der Waals surface area (Å²) >= 11 is 3.30. The van der Waals surface area contributed by atoms with Crippen LogP contribution < -0.4 is 0 Å². The molecule has 0 fully saturated rings. The highest BCUT2D eigenvalue weighted by atomic mass is 32.2. The first-order valence-corrected chi connectivity index (χ1v) is 10.1. The molecule has 5 heteroatoms. The number of nitrogens with zero attached hydrogens (tertiary/aromatic N) is 2. The van der Waals surface area contributed by atoms with Crippen molar-refractivity contribution >= 4 is 29.0 Å². The molecular formula is C20H20N2OS2. The van der Waals surface area contributed by atoms with Gasteiger partial charge in [0, 0.05) is 29.4 Å². The number of hydrogen-bond donors (Lipinski definition) is 0. The van der Waals surface area contributed by atoms with E-state index in [0.29, 0.717) is 13.0 Å². The number of thioether (sulfide) groups is 1. The van der Waals surface area contributed by atoms with Gasteiger partial charge in [0.1, 0.15) is 5.01 Å². The molecule has 0 N–H and O–H groups in total. The molecule has 0 radical (unpaired) electrons. The van der Waals surface area contributed by atoms with Crippen LogP contribution in [0.5, 0.6) is 0 Å². The zero-order chi connectivity index (χ0) is 17.6. The molecule has 25 heavy (non-hydrogen) atoms. The van der Waals surface area contributed by atoms with E-state index >= 15 is 0 Å². The molecule has 0 spiro atoms. The van der Waals surface area contributed by atoms with E-state index < -0.39 is 0 Å². The smallest absolute Gasteiger partial charge is 0.228 e. The topological polar surface area (TPSA) is 33.2 Å². The standard InChI is InChI=1S/C20H20N2OS2/c1-22(13-15-8-10-18(24-2)11-9-15)19(23)12-17-14-25-20(21-17)16-6-4-3-5-7-16/h3-11,14H,12-13H2,1-2H3. The molecule has 0 atom stereocenters. The first kappa shape index (κ1) is 17.7. The minimum atomic E-state index is 0.0823. The van der Waals surface area contributed by atoms with Crippen LogP contribution in [0.2, 0.25) is 0 Å². The highest BCUT2D eigenvalue weighted by Crippen LogP contribution is 2.23. The average Bonchev–Trinajstić information content (AvgIpc) is 3.11. The Morgan fingerprint density at radius 2 is 1.84 bits per heavy atom. The summed E-state index contributed by atoms with van der Waals surface area (Å²) in [4.78, 5) is 20.1. The van der Waals surface area contributed by atoms with Crippen molar-refractivity contribution in [3.63, 3.8) is 0 Å². The van der Waals surface area contributed by atoms with Crippen molar-refractivity contribution in [2.75, 3.05) is 13.3 Å². The van der Waals surface area contributed by atoms with Gasteiger partial charge in [-0.05, 0) is 24.0 Å². The van der Waals surface area contributed by atoms with Crippen LogP contribution in [-0.4, -0.2) is 29.1 Å². The van der Waals surface area contributed by atoms with E-state index in [-0.39, 0.29) is 5.91 Å². The molecule has 0 unspecified atom stereocenters. The fourth-order valence-corrected chi connectivity index (χ4v) is 3.72. The van der Waals surface area contributed by atoms with Gasteiger partial charge in [-0.3, -0.25) is 4.79 Å². The Hall–Kier alpha value is -2.11. The molecular weight excluding hydrogens is 348 g/mol. The van der Waals surface area contributed by atoms with Crippen LogP contribution in [0.25, 0.3) is 10.6 Å². The lowest BCUT2D eigenvalue weighted by atomic mass is 10.2. The summed E-state index contributed by atoms with van der Waals surface area (Å²) in [6.07, 6.45) is 2.39. The number of rotatable bonds is 6. The zero-order valence-corrected chi connectivity index (χ0v) is 15.9. The zero-order valence-electron chi connectivity index (χ0n) is 14.3. The van der Waals surface area contributed by atoms with Gasteiger partial charge in [0.2, 0.25) is 5.91 Å². The van der Waals surface area contributed by atoms with Gasteiger partial charge in [-0.15, -0.1) is 23.1 Å². The van der Waals surface area contributed by atoms with Gasteiger partial charge in [0.15, 0.2) is 0 Å². The maximum absolute atomic E-state index is 12.5. The highest BCUT2D eigenvalue weighted by Gasteiger charge is 2.13. The summed E-state index contributed by atoms with van der Waals surface area (Å²) in [5.74, 6) is 0.0823. The number of thiazole rings is 1. The van der Waals surface area contributed by atoms with E-state index in [1.165, 1.54) is 4.90 Å². The second-order valence-electron chi connectivity index (χ2n) is 5.78. The quantitative estimate of drug-likeness (QED) is 0.590. The molecule has 3 aromatic rings. The number of amides is 1. The SMILES string of the molecule is CSc1ccc(CN(C)C(=O)Cc2csc(-c3ccccc3)n2)cc1. The Balaban J connectivity index is 1.60. The molecule has 1 aromatic heterocycles. The molecule has 1 amide bonds. The van der Waals surface area contributed by atoms with Crippen LogP contribution in [0, 0.1) is 0 Å². The number of carbonyl (C=O) groups excluding carboxylic acids is 1.